The van der Waals surface area contributed by atoms with E-state index >= 15 is 0 Å². The standard InChI is InChI=1S/C26H26FN3O5/c1-33-24(31)20-8-7-19(30-12-11-28-29-30)13-22(20)17-14-26(35-15-17)10-9-21(25(32)34-2)23(26)16-3-5-18(27)6-4-16/h3-8,11-13,17,21,23H,9-10,14-15H2,1-2H3/t17?,21-,23+,26+/m0/s1. The first-order valence-corrected chi connectivity index (χ1v) is 11.5. The normalized spacial score (nSPS) is 25.6. The van der Waals surface area contributed by atoms with Crippen molar-refractivity contribution in [2.24, 2.45) is 5.92 Å². The highest BCUT2D eigenvalue weighted by Crippen LogP contribution is 2.57. The summed E-state index contributed by atoms with van der Waals surface area (Å²) in [6.07, 6.45) is 5.16. The van der Waals surface area contributed by atoms with Crippen molar-refractivity contribution < 1.29 is 28.2 Å². The van der Waals surface area contributed by atoms with E-state index in [0.29, 0.717) is 31.4 Å². The zero-order valence-electron chi connectivity index (χ0n) is 19.5. The lowest BCUT2D eigenvalue weighted by molar-refractivity contribution is -0.146. The van der Waals surface area contributed by atoms with E-state index in [4.69, 9.17) is 14.2 Å². The van der Waals surface area contributed by atoms with Gasteiger partial charge in [-0.1, -0.05) is 17.3 Å². The molecule has 1 spiro atoms. The maximum atomic E-state index is 13.7. The first kappa shape index (κ1) is 23.2. The maximum absolute atomic E-state index is 13.7. The Hall–Kier alpha value is -3.59. The topological polar surface area (TPSA) is 92.5 Å². The van der Waals surface area contributed by atoms with Crippen LogP contribution in [0.4, 0.5) is 4.39 Å². The first-order chi connectivity index (χ1) is 17.0. The van der Waals surface area contributed by atoms with Gasteiger partial charge in [0.25, 0.3) is 0 Å². The predicted molar refractivity (Wildman–Crippen MR) is 123 cm³/mol. The second kappa shape index (κ2) is 9.22. The molecule has 0 bridgehead atoms. The lowest BCUT2D eigenvalue weighted by Gasteiger charge is -2.33. The molecule has 9 heteroatoms. The molecule has 5 rings (SSSR count). The Morgan fingerprint density at radius 2 is 1.94 bits per heavy atom. The number of halogens is 1. The second-order valence-corrected chi connectivity index (χ2v) is 9.09. The number of esters is 2. The maximum Gasteiger partial charge on any atom is 0.338 e. The molecule has 1 saturated heterocycles. The molecule has 2 aromatic carbocycles. The van der Waals surface area contributed by atoms with E-state index < -0.39 is 17.5 Å². The van der Waals surface area contributed by atoms with Crippen LogP contribution >= 0.6 is 0 Å². The molecular weight excluding hydrogens is 453 g/mol. The molecule has 35 heavy (non-hydrogen) atoms. The van der Waals surface area contributed by atoms with Crippen LogP contribution in [0.1, 0.15) is 52.6 Å². The Balaban J connectivity index is 1.53. The van der Waals surface area contributed by atoms with Gasteiger partial charge in [0.05, 0.1) is 56.0 Å². The van der Waals surface area contributed by atoms with E-state index in [2.05, 4.69) is 10.3 Å². The van der Waals surface area contributed by atoms with Crippen LogP contribution in [0.25, 0.3) is 5.69 Å². The monoisotopic (exact) mass is 479 g/mol. The molecular formula is C26H26FN3O5. The fourth-order valence-electron chi connectivity index (χ4n) is 5.76. The Labute approximate surface area is 202 Å². The third-order valence-corrected chi connectivity index (χ3v) is 7.31. The minimum atomic E-state index is -0.641. The molecule has 0 radical (unpaired) electrons. The van der Waals surface area contributed by atoms with Crippen LogP contribution in [-0.2, 0) is 19.0 Å². The zero-order chi connectivity index (χ0) is 24.6. The van der Waals surface area contributed by atoms with Crippen LogP contribution in [0.2, 0.25) is 0 Å². The molecule has 1 saturated carbocycles. The Bertz CT molecular complexity index is 1230. The summed E-state index contributed by atoms with van der Waals surface area (Å²) in [6, 6.07) is 11.7. The average Bonchev–Trinajstić information content (AvgIpc) is 3.64. The van der Waals surface area contributed by atoms with Gasteiger partial charge in [-0.15, -0.1) is 5.10 Å². The van der Waals surface area contributed by atoms with Crippen LogP contribution in [0.15, 0.2) is 54.9 Å². The van der Waals surface area contributed by atoms with Gasteiger partial charge in [0.1, 0.15) is 5.82 Å². The molecule has 3 aromatic rings. The fraction of sp³-hybridized carbons (Fsp3) is 0.385. The summed E-state index contributed by atoms with van der Waals surface area (Å²) in [4.78, 5) is 25.3. The molecule has 0 N–H and O–H groups in total. The molecule has 2 heterocycles. The van der Waals surface area contributed by atoms with Crippen molar-refractivity contribution in [3.63, 3.8) is 0 Å². The van der Waals surface area contributed by atoms with E-state index in [1.54, 1.807) is 41.3 Å². The SMILES string of the molecule is COC(=O)c1ccc(-n2ccnn2)cc1C1CO[C@]2(CC[C@H](C(=O)OC)[C@H]2c2ccc(F)cc2)C1. The molecule has 1 aliphatic carbocycles. The first-order valence-electron chi connectivity index (χ1n) is 11.5. The summed E-state index contributed by atoms with van der Waals surface area (Å²) in [7, 11) is 2.73. The van der Waals surface area contributed by atoms with Crippen LogP contribution in [0, 0.1) is 11.7 Å². The van der Waals surface area contributed by atoms with Crippen molar-refractivity contribution in [2.45, 2.75) is 36.7 Å². The van der Waals surface area contributed by atoms with Gasteiger partial charge in [-0.25, -0.2) is 13.9 Å². The predicted octanol–water partition coefficient (Wildman–Crippen LogP) is 3.80. The number of methoxy groups -OCH3 is 2. The minimum Gasteiger partial charge on any atom is -0.469 e. The minimum absolute atomic E-state index is 0.119. The van der Waals surface area contributed by atoms with Crippen molar-refractivity contribution in [2.75, 3.05) is 20.8 Å². The number of aromatic nitrogens is 3. The number of rotatable bonds is 5. The summed E-state index contributed by atoms with van der Waals surface area (Å²) in [5, 5.41) is 7.92. The van der Waals surface area contributed by atoms with Crippen molar-refractivity contribution in [3.05, 3.63) is 77.4 Å². The van der Waals surface area contributed by atoms with Gasteiger partial charge in [-0.3, -0.25) is 4.79 Å². The molecule has 2 aliphatic rings. The van der Waals surface area contributed by atoms with Crippen molar-refractivity contribution in [3.8, 4) is 5.69 Å². The quantitative estimate of drug-likeness (QED) is 0.514. The highest BCUT2D eigenvalue weighted by Gasteiger charge is 2.56. The van der Waals surface area contributed by atoms with Gasteiger partial charge < -0.3 is 14.2 Å². The number of ether oxygens (including phenoxy) is 3. The lowest BCUT2D eigenvalue weighted by Crippen LogP contribution is -2.35. The second-order valence-electron chi connectivity index (χ2n) is 9.09. The van der Waals surface area contributed by atoms with Gasteiger partial charge in [0, 0.05) is 11.8 Å². The molecule has 4 atom stereocenters. The summed E-state index contributed by atoms with van der Waals surface area (Å²) in [5.41, 5.74) is 2.21. The summed E-state index contributed by atoms with van der Waals surface area (Å²) in [5.74, 6) is -1.88. The molecule has 1 aliphatic heterocycles. The van der Waals surface area contributed by atoms with E-state index in [1.165, 1.54) is 26.4 Å². The van der Waals surface area contributed by atoms with Gasteiger partial charge in [0.2, 0.25) is 0 Å². The van der Waals surface area contributed by atoms with Gasteiger partial charge in [-0.05, 0) is 60.7 Å². The molecule has 1 aromatic heterocycles. The summed E-state index contributed by atoms with van der Waals surface area (Å²) >= 11 is 0. The van der Waals surface area contributed by atoms with E-state index in [0.717, 1.165) is 16.8 Å². The largest absolute Gasteiger partial charge is 0.469 e. The van der Waals surface area contributed by atoms with E-state index in [9.17, 15) is 14.0 Å². The fourth-order valence-corrected chi connectivity index (χ4v) is 5.76. The molecule has 182 valence electrons. The van der Waals surface area contributed by atoms with E-state index in [-0.39, 0.29) is 23.6 Å². The number of carbonyl (C=O) groups excluding carboxylic acids is 2. The highest BCUT2D eigenvalue weighted by atomic mass is 19.1. The smallest absolute Gasteiger partial charge is 0.338 e. The van der Waals surface area contributed by atoms with Crippen LogP contribution in [0.3, 0.4) is 0 Å². The van der Waals surface area contributed by atoms with Gasteiger partial charge in [0.15, 0.2) is 0 Å². The molecule has 2 fully saturated rings. The number of carbonyl (C=O) groups is 2. The summed E-state index contributed by atoms with van der Waals surface area (Å²) < 4.78 is 31.9. The Morgan fingerprint density at radius 3 is 2.63 bits per heavy atom. The number of nitrogens with zero attached hydrogens (tertiary/aromatic N) is 3. The highest BCUT2D eigenvalue weighted by molar-refractivity contribution is 5.91. The Morgan fingerprint density at radius 1 is 1.14 bits per heavy atom. The zero-order valence-corrected chi connectivity index (χ0v) is 19.5. The third kappa shape index (κ3) is 4.10. The van der Waals surface area contributed by atoms with Crippen LogP contribution in [0.5, 0.6) is 0 Å². The van der Waals surface area contributed by atoms with Crippen molar-refractivity contribution in [1.29, 1.82) is 0 Å². The van der Waals surface area contributed by atoms with Crippen molar-refractivity contribution >= 4 is 11.9 Å². The number of benzene rings is 2. The molecule has 0 amide bonds. The van der Waals surface area contributed by atoms with Crippen LogP contribution in [-0.4, -0.2) is 53.4 Å². The van der Waals surface area contributed by atoms with E-state index in [1.807, 2.05) is 6.07 Å². The summed E-state index contributed by atoms with van der Waals surface area (Å²) in [6.45, 7) is 0.371. The van der Waals surface area contributed by atoms with Gasteiger partial charge in [-0.2, -0.15) is 0 Å². The van der Waals surface area contributed by atoms with Crippen molar-refractivity contribution in [1.82, 2.24) is 15.0 Å². The van der Waals surface area contributed by atoms with Gasteiger partial charge >= 0.3 is 11.9 Å². The molecule has 1 unspecified atom stereocenters. The van der Waals surface area contributed by atoms with Crippen LogP contribution < -0.4 is 0 Å². The lowest BCUT2D eigenvalue weighted by atomic mass is 9.76. The average molecular weight is 480 g/mol. The number of hydrogen-bond donors (Lipinski definition) is 0. The molecule has 8 nitrogen and oxygen atoms in total. The Kier molecular flexibility index (Phi) is 6.10. The third-order valence-electron chi connectivity index (χ3n) is 7.31. The number of hydrogen-bond acceptors (Lipinski definition) is 7.